The topological polar surface area (TPSA) is 75.6 Å². The van der Waals surface area contributed by atoms with E-state index in [4.69, 9.17) is 9.84 Å². The maximum atomic E-state index is 11.2. The maximum absolute atomic E-state index is 11.2. The van der Waals surface area contributed by atoms with Crippen molar-refractivity contribution in [3.05, 3.63) is 29.8 Å². The van der Waals surface area contributed by atoms with Crippen LogP contribution in [-0.4, -0.2) is 29.7 Å². The molecule has 84 valence electrons. The van der Waals surface area contributed by atoms with Crippen LogP contribution >= 0.6 is 0 Å². The van der Waals surface area contributed by atoms with Gasteiger partial charge in [0.15, 0.2) is 0 Å². The van der Waals surface area contributed by atoms with Gasteiger partial charge in [-0.05, 0) is 12.1 Å². The van der Waals surface area contributed by atoms with Gasteiger partial charge in [0.05, 0.1) is 12.2 Å². The summed E-state index contributed by atoms with van der Waals surface area (Å²) in [6, 6.07) is 6.04. The quantitative estimate of drug-likeness (QED) is 0.748. The van der Waals surface area contributed by atoms with Crippen LogP contribution in [0.25, 0.3) is 0 Å². The van der Waals surface area contributed by atoms with Crippen LogP contribution < -0.4 is 5.32 Å². The first kappa shape index (κ1) is 10.5. The molecular weight excluding hydrogens is 210 g/mol. The predicted octanol–water partition coefficient (Wildman–Crippen LogP) is 1.11. The van der Waals surface area contributed by atoms with Gasteiger partial charge in [-0.3, -0.25) is 0 Å². The molecule has 1 aromatic rings. The van der Waals surface area contributed by atoms with Gasteiger partial charge in [-0.2, -0.15) is 0 Å². The molecule has 2 N–H and O–H groups in total. The highest BCUT2D eigenvalue weighted by Crippen LogP contribution is 2.19. The minimum absolute atomic E-state index is 0.155. The molecule has 1 aliphatic rings. The van der Waals surface area contributed by atoms with Gasteiger partial charge < -0.3 is 15.2 Å². The molecule has 1 atom stereocenters. The molecule has 5 nitrogen and oxygen atoms in total. The minimum atomic E-state index is -1.02. The number of carboxylic acids is 1. The lowest BCUT2D eigenvalue weighted by atomic mass is 10.1. The number of hydrogen-bond acceptors (Lipinski definition) is 4. The fourth-order valence-electron chi connectivity index (χ4n) is 1.61. The first-order valence-electron chi connectivity index (χ1n) is 4.94. The highest BCUT2D eigenvalue weighted by atomic mass is 16.5. The van der Waals surface area contributed by atoms with E-state index in [0.29, 0.717) is 18.7 Å². The van der Waals surface area contributed by atoms with E-state index in [-0.39, 0.29) is 11.5 Å². The fourth-order valence-corrected chi connectivity index (χ4v) is 1.61. The van der Waals surface area contributed by atoms with E-state index in [2.05, 4.69) is 5.32 Å². The van der Waals surface area contributed by atoms with Gasteiger partial charge in [-0.1, -0.05) is 12.1 Å². The summed E-state index contributed by atoms with van der Waals surface area (Å²) >= 11 is 0. The van der Waals surface area contributed by atoms with E-state index >= 15 is 0 Å². The summed E-state index contributed by atoms with van der Waals surface area (Å²) in [6.07, 6.45) is 0.562. The van der Waals surface area contributed by atoms with Crippen LogP contribution in [0, 0.1) is 0 Å². The minimum Gasteiger partial charge on any atom is -0.478 e. The average Bonchev–Trinajstić information content (AvgIpc) is 2.65. The Kier molecular flexibility index (Phi) is 2.76. The Bertz CT molecular complexity index is 430. The van der Waals surface area contributed by atoms with E-state index < -0.39 is 12.0 Å². The molecule has 0 bridgehead atoms. The zero-order chi connectivity index (χ0) is 11.5. The summed E-state index contributed by atoms with van der Waals surface area (Å²) < 4.78 is 4.79. The van der Waals surface area contributed by atoms with Crippen molar-refractivity contribution in [2.75, 3.05) is 11.9 Å². The fraction of sp³-hybridized carbons (Fsp3) is 0.273. The number of nitrogens with one attached hydrogen (secondary N) is 1. The third-order valence-corrected chi connectivity index (χ3v) is 2.42. The number of anilines is 1. The molecule has 0 amide bonds. The van der Waals surface area contributed by atoms with Crippen LogP contribution in [0.2, 0.25) is 0 Å². The largest absolute Gasteiger partial charge is 0.478 e. The molecule has 1 aromatic carbocycles. The molecule has 2 rings (SSSR count). The second-order valence-corrected chi connectivity index (χ2v) is 3.50. The van der Waals surface area contributed by atoms with Crippen LogP contribution in [0.5, 0.6) is 0 Å². The predicted molar refractivity (Wildman–Crippen MR) is 56.4 cm³/mol. The standard InChI is InChI=1S/C11H11NO4/c13-10(14)7-3-1-2-4-8(7)12-9-5-6-16-11(9)15/h1-4,9,12H,5-6H2,(H,13,14). The van der Waals surface area contributed by atoms with Crippen LogP contribution in [-0.2, 0) is 9.53 Å². The molecule has 0 radical (unpaired) electrons. The smallest absolute Gasteiger partial charge is 0.337 e. The van der Waals surface area contributed by atoms with Gasteiger partial charge in [0.2, 0.25) is 0 Å². The molecule has 0 aromatic heterocycles. The number of cyclic esters (lactones) is 1. The number of carbonyl (C=O) groups is 2. The van der Waals surface area contributed by atoms with Crippen molar-refractivity contribution in [2.24, 2.45) is 0 Å². The normalized spacial score (nSPS) is 19.2. The number of carbonyl (C=O) groups excluding carboxylic acids is 1. The molecule has 1 unspecified atom stereocenters. The van der Waals surface area contributed by atoms with E-state index in [1.54, 1.807) is 18.2 Å². The molecule has 1 saturated heterocycles. The van der Waals surface area contributed by atoms with E-state index in [1.807, 2.05) is 0 Å². The van der Waals surface area contributed by atoms with Crippen LogP contribution in [0.3, 0.4) is 0 Å². The Labute approximate surface area is 92.0 Å². The summed E-state index contributed by atoms with van der Waals surface area (Å²) in [4.78, 5) is 22.1. The number of benzene rings is 1. The Morgan fingerprint density at radius 2 is 2.19 bits per heavy atom. The second kappa shape index (κ2) is 4.22. The molecule has 0 spiro atoms. The van der Waals surface area contributed by atoms with Crippen molar-refractivity contribution in [3.63, 3.8) is 0 Å². The Balaban J connectivity index is 2.20. The summed E-state index contributed by atoms with van der Waals surface area (Å²) in [5.74, 6) is -1.35. The van der Waals surface area contributed by atoms with Gasteiger partial charge in [0.1, 0.15) is 6.04 Å². The number of para-hydroxylation sites is 1. The number of esters is 1. The molecule has 16 heavy (non-hydrogen) atoms. The third kappa shape index (κ3) is 1.98. The highest BCUT2D eigenvalue weighted by molar-refractivity contribution is 5.95. The zero-order valence-electron chi connectivity index (χ0n) is 8.47. The van der Waals surface area contributed by atoms with Crippen molar-refractivity contribution in [3.8, 4) is 0 Å². The lowest BCUT2D eigenvalue weighted by Crippen LogP contribution is -2.25. The summed E-state index contributed by atoms with van der Waals surface area (Å²) in [7, 11) is 0. The first-order chi connectivity index (χ1) is 7.68. The van der Waals surface area contributed by atoms with Crippen molar-refractivity contribution in [1.29, 1.82) is 0 Å². The Hall–Kier alpha value is -2.04. The summed E-state index contributed by atoms with van der Waals surface area (Å²) in [5, 5.41) is 11.8. The number of ether oxygens (including phenoxy) is 1. The number of carboxylic acid groups (broad SMARTS) is 1. The van der Waals surface area contributed by atoms with Gasteiger partial charge in [0.25, 0.3) is 0 Å². The third-order valence-electron chi connectivity index (χ3n) is 2.42. The number of aromatic carboxylic acids is 1. The van der Waals surface area contributed by atoms with E-state index in [0.717, 1.165) is 0 Å². The monoisotopic (exact) mass is 221 g/mol. The van der Waals surface area contributed by atoms with Crippen LogP contribution in [0.15, 0.2) is 24.3 Å². The van der Waals surface area contributed by atoms with Crippen molar-refractivity contribution >= 4 is 17.6 Å². The van der Waals surface area contributed by atoms with Gasteiger partial charge in [0, 0.05) is 12.1 Å². The molecule has 0 aliphatic carbocycles. The second-order valence-electron chi connectivity index (χ2n) is 3.50. The number of rotatable bonds is 3. The van der Waals surface area contributed by atoms with Crippen molar-refractivity contribution in [1.82, 2.24) is 0 Å². The van der Waals surface area contributed by atoms with E-state index in [1.165, 1.54) is 6.07 Å². The van der Waals surface area contributed by atoms with Crippen molar-refractivity contribution < 1.29 is 19.4 Å². The molecule has 1 fully saturated rings. The molecular formula is C11H11NO4. The SMILES string of the molecule is O=C(O)c1ccccc1NC1CCOC1=O. The van der Waals surface area contributed by atoms with Crippen LogP contribution in [0.4, 0.5) is 5.69 Å². The van der Waals surface area contributed by atoms with Gasteiger partial charge in [-0.15, -0.1) is 0 Å². The Morgan fingerprint density at radius 3 is 2.81 bits per heavy atom. The molecule has 5 heteroatoms. The van der Waals surface area contributed by atoms with Crippen LogP contribution in [0.1, 0.15) is 16.8 Å². The average molecular weight is 221 g/mol. The lowest BCUT2D eigenvalue weighted by Gasteiger charge is -2.12. The molecule has 1 aliphatic heterocycles. The zero-order valence-corrected chi connectivity index (χ0v) is 8.47. The first-order valence-corrected chi connectivity index (χ1v) is 4.94. The number of hydrogen-bond donors (Lipinski definition) is 2. The van der Waals surface area contributed by atoms with Crippen molar-refractivity contribution in [2.45, 2.75) is 12.5 Å². The highest BCUT2D eigenvalue weighted by Gasteiger charge is 2.27. The van der Waals surface area contributed by atoms with Gasteiger partial charge >= 0.3 is 11.9 Å². The van der Waals surface area contributed by atoms with Gasteiger partial charge in [-0.25, -0.2) is 9.59 Å². The summed E-state index contributed by atoms with van der Waals surface area (Å²) in [5.41, 5.74) is 0.598. The maximum Gasteiger partial charge on any atom is 0.337 e. The summed E-state index contributed by atoms with van der Waals surface area (Å²) in [6.45, 7) is 0.381. The molecule has 0 saturated carbocycles. The lowest BCUT2D eigenvalue weighted by molar-refractivity contribution is -0.138. The molecule has 1 heterocycles. The van der Waals surface area contributed by atoms with E-state index in [9.17, 15) is 9.59 Å². The Morgan fingerprint density at radius 1 is 1.44 bits per heavy atom.